The van der Waals surface area contributed by atoms with Gasteiger partial charge in [-0.25, -0.2) is 4.98 Å². The van der Waals surface area contributed by atoms with Crippen LogP contribution in [0.5, 0.6) is 0 Å². The van der Waals surface area contributed by atoms with Crippen LogP contribution in [0.3, 0.4) is 0 Å². The molecule has 1 fully saturated rings. The van der Waals surface area contributed by atoms with Gasteiger partial charge in [-0.2, -0.15) is 4.98 Å². The van der Waals surface area contributed by atoms with Crippen LogP contribution < -0.4 is 10.9 Å². The minimum Gasteiger partial charge on any atom is -0.394 e. The molecule has 1 amide bonds. The lowest BCUT2D eigenvalue weighted by atomic mass is 10.1. The van der Waals surface area contributed by atoms with Crippen LogP contribution >= 0.6 is 11.6 Å². The molecular formula is C16H26ClN5O6S5. The van der Waals surface area contributed by atoms with Gasteiger partial charge >= 0.3 is 0 Å². The van der Waals surface area contributed by atoms with Crippen LogP contribution in [-0.2, 0) is 58.5 Å². The number of fused-ring (bicyclic) bond motifs is 1. The Balaban J connectivity index is 0.000000996. The molecule has 5 N–H and O–H groups in total. The fourth-order valence-electron chi connectivity index (χ4n) is 2.55. The number of imidazole rings is 1. The van der Waals surface area contributed by atoms with Crippen molar-refractivity contribution in [2.75, 3.05) is 18.3 Å². The highest BCUT2D eigenvalue weighted by Crippen LogP contribution is 2.30. The average molecular weight is 583 g/mol. The minimum absolute atomic E-state index is 0. The van der Waals surface area contributed by atoms with E-state index in [0.29, 0.717) is 0 Å². The van der Waals surface area contributed by atoms with Crippen LogP contribution in [0, 0.1) is 5.92 Å². The molecule has 5 atom stereocenters. The number of aliphatic hydroxyl groups is 3. The molecule has 0 aliphatic carbocycles. The number of nitrogens with one attached hydrogen (secondary N) is 2. The zero-order valence-corrected chi connectivity index (χ0v) is 21.4. The number of anilines is 1. The summed E-state index contributed by atoms with van der Waals surface area (Å²) >= 11 is 13.5. The van der Waals surface area contributed by atoms with E-state index in [2.05, 4.69) is 54.2 Å². The van der Waals surface area contributed by atoms with E-state index in [4.69, 9.17) is 7.48 Å². The van der Waals surface area contributed by atoms with Gasteiger partial charge in [-0.1, -0.05) is 21.3 Å². The van der Waals surface area contributed by atoms with E-state index in [-0.39, 0.29) is 36.4 Å². The zero-order valence-electron chi connectivity index (χ0n) is 18.6. The topological polar surface area (TPSA) is 163 Å². The van der Waals surface area contributed by atoms with Gasteiger partial charge in [0.1, 0.15) is 18.3 Å². The molecule has 17 heteroatoms. The lowest BCUT2D eigenvalue weighted by molar-refractivity contribution is -0.118. The van der Waals surface area contributed by atoms with Gasteiger partial charge in [-0.3, -0.25) is 24.5 Å². The van der Waals surface area contributed by atoms with Gasteiger partial charge in [0, 0.05) is 64.0 Å². The van der Waals surface area contributed by atoms with Crippen molar-refractivity contribution in [3.8, 4) is 0 Å². The van der Waals surface area contributed by atoms with E-state index >= 15 is 0 Å². The van der Waals surface area contributed by atoms with Crippen molar-refractivity contribution in [3.05, 3.63) is 16.7 Å². The lowest BCUT2D eigenvalue weighted by Gasteiger charge is -2.16. The van der Waals surface area contributed by atoms with Crippen molar-refractivity contribution >= 4 is 83.6 Å². The maximum atomic E-state index is 12.1. The fourth-order valence-corrected chi connectivity index (χ4v) is 5.30. The molecule has 3 rings (SSSR count). The summed E-state index contributed by atoms with van der Waals surface area (Å²) in [7, 11) is 3.95. The molecule has 0 bridgehead atoms. The van der Waals surface area contributed by atoms with Gasteiger partial charge in [-0.15, -0.1) is 11.6 Å². The van der Waals surface area contributed by atoms with Gasteiger partial charge < -0.3 is 20.1 Å². The molecule has 1 aliphatic heterocycles. The first kappa shape index (κ1) is 28.3. The van der Waals surface area contributed by atoms with E-state index in [1.807, 2.05) is 0 Å². The number of amides is 1. The zero-order chi connectivity index (χ0) is 26.0. The number of ether oxygens (including phenoxy) is 1. The summed E-state index contributed by atoms with van der Waals surface area (Å²) in [6.45, 7) is 2.90. The molecule has 33 heavy (non-hydrogen) atoms. The van der Waals surface area contributed by atoms with Crippen molar-refractivity contribution in [2.45, 2.75) is 45.8 Å². The maximum Gasteiger partial charge on any atom is 0.280 e. The van der Waals surface area contributed by atoms with Gasteiger partial charge in [-0.05, 0) is 0 Å². The minimum atomic E-state index is -1.34. The maximum absolute atomic E-state index is 12.1. The van der Waals surface area contributed by atoms with Gasteiger partial charge in [0.05, 0.1) is 12.9 Å². The lowest BCUT2D eigenvalue weighted by Crippen LogP contribution is -2.33. The largest absolute Gasteiger partial charge is 0.394 e. The van der Waals surface area contributed by atoms with Crippen molar-refractivity contribution < 1.29 is 27.6 Å². The standard InChI is InChI=1S/C14H19N5O6.CH3Cl.CH4.S5/c1-5(2)11(23)17-14-16-10-7(12(24)18-14)15-4-19(10)13-9(22)8(21)6(3-20)25-13;1-2;;1-3-5-4-2/h4-6,8-9,13,20-22H,3H2,1-2H3,(H2,16,17,18,23,24);1H3;1H4;/t6-,8?,9+,13-;;;/m1.../s1/i;1TD;;. The number of alkyl halides is 1. The Morgan fingerprint density at radius 2 is 2.09 bits per heavy atom. The molecule has 0 radical (unpaired) electrons. The first-order chi connectivity index (χ1) is 16.0. The molecular weight excluding hydrogens is 554 g/mol. The SMILES string of the molecule is C.CC(C)C(=O)Nc1nc2c(ncn2[C@@H]2O[C@H](CO)C(O)[C@@H]2O)c(=O)[nH]1.S=S=S=S=S.[2H]C([3H])Cl. The molecule has 2 unspecified atom stereocenters. The number of aliphatic hydroxyl groups excluding tert-OH is 3. The van der Waals surface area contributed by atoms with Crippen LogP contribution in [0.4, 0.5) is 5.95 Å². The van der Waals surface area contributed by atoms with Crippen LogP contribution in [-0.4, -0.2) is 72.0 Å². The number of hydrogen-bond donors (Lipinski definition) is 5. The first-order valence-corrected chi connectivity index (χ1v) is 14.4. The Bertz CT molecular complexity index is 1140. The molecule has 0 aromatic carbocycles. The number of rotatable bonds is 4. The number of carbonyl (C=O) groups excluding carboxylic acids is 1. The van der Waals surface area contributed by atoms with E-state index < -0.39 is 43.0 Å². The predicted molar refractivity (Wildman–Crippen MR) is 140 cm³/mol. The third-order valence-electron chi connectivity index (χ3n) is 4.05. The second kappa shape index (κ2) is 15.9. The number of carbonyl (C=O) groups is 1. The highest BCUT2D eigenvalue weighted by molar-refractivity contribution is 8.59. The summed E-state index contributed by atoms with van der Waals surface area (Å²) in [4.78, 5) is 34.4. The first-order valence-electron chi connectivity index (χ1n) is 9.77. The van der Waals surface area contributed by atoms with Crippen molar-refractivity contribution in [3.63, 3.8) is 0 Å². The number of nitrogens with zero attached hydrogens (tertiary/aromatic N) is 3. The molecule has 2 aromatic rings. The summed E-state index contributed by atoms with van der Waals surface area (Å²) in [5.74, 6) is -0.711. The molecule has 188 valence electrons. The van der Waals surface area contributed by atoms with E-state index in [0.717, 1.165) is 0 Å². The number of H-pyrrole nitrogens is 1. The smallest absolute Gasteiger partial charge is 0.280 e. The highest BCUT2D eigenvalue weighted by Gasteiger charge is 2.44. The fraction of sp³-hybridized carbons (Fsp3) is 0.625. The van der Waals surface area contributed by atoms with E-state index in [1.54, 1.807) is 13.8 Å². The number of halogens is 1. The Kier molecular flexibility index (Phi) is 13.6. The number of aromatic amines is 1. The predicted octanol–water partition coefficient (Wildman–Crippen LogP) is -0.195. The van der Waals surface area contributed by atoms with Gasteiger partial charge in [0.15, 0.2) is 17.4 Å². The van der Waals surface area contributed by atoms with E-state index in [9.17, 15) is 24.9 Å². The van der Waals surface area contributed by atoms with Gasteiger partial charge in [0.2, 0.25) is 11.9 Å². The van der Waals surface area contributed by atoms with E-state index in [1.165, 1.54) is 37.5 Å². The summed E-state index contributed by atoms with van der Waals surface area (Å²) < 4.78 is 18.7. The average Bonchev–Trinajstić information content (AvgIpc) is 3.30. The number of hydrogen-bond acceptors (Lipinski definition) is 10. The van der Waals surface area contributed by atoms with Crippen molar-refractivity contribution in [1.29, 1.82) is 0 Å². The van der Waals surface area contributed by atoms with Gasteiger partial charge in [0.25, 0.3) is 5.56 Å². The summed E-state index contributed by atoms with van der Waals surface area (Å²) in [6, 6.07) is 0. The monoisotopic (exact) mass is 582 g/mol. The van der Waals surface area contributed by atoms with Crippen LogP contribution in [0.1, 0.15) is 30.2 Å². The van der Waals surface area contributed by atoms with Crippen LogP contribution in [0.15, 0.2) is 11.1 Å². The third-order valence-corrected chi connectivity index (χ3v) is 8.49. The molecule has 11 nitrogen and oxygen atoms in total. The molecule has 2 aromatic heterocycles. The summed E-state index contributed by atoms with van der Waals surface area (Å²) in [5.41, 5.74) is -0.521. The molecule has 0 saturated carbocycles. The number of aromatic nitrogens is 4. The van der Waals surface area contributed by atoms with Crippen LogP contribution in [0.25, 0.3) is 11.2 Å². The molecule has 0 spiro atoms. The summed E-state index contributed by atoms with van der Waals surface area (Å²) in [6.07, 6.45) is -4.65. The second-order valence-corrected chi connectivity index (χ2v) is 11.6. The van der Waals surface area contributed by atoms with Crippen molar-refractivity contribution in [1.82, 2.24) is 19.5 Å². The Morgan fingerprint density at radius 3 is 2.55 bits per heavy atom. The normalized spacial score (nSPS) is 22.9. The molecule has 1 aliphatic rings. The summed E-state index contributed by atoms with van der Waals surface area (Å²) in [5, 5.41) is 31.7. The Morgan fingerprint density at radius 1 is 1.48 bits per heavy atom. The third kappa shape index (κ3) is 8.34. The highest BCUT2D eigenvalue weighted by atomic mass is 35.5. The Hall–Kier alpha value is -0.950. The molecule has 1 saturated heterocycles. The second-order valence-electron chi connectivity index (χ2n) is 6.32. The molecule has 3 heterocycles. The van der Waals surface area contributed by atoms with Crippen molar-refractivity contribution in [2.24, 2.45) is 5.92 Å². The quantitative estimate of drug-likeness (QED) is 0.305. The Labute approximate surface area is 216 Å². The van der Waals surface area contributed by atoms with Crippen LogP contribution in [0.2, 0.25) is 0 Å².